The van der Waals surface area contributed by atoms with Crippen molar-refractivity contribution < 1.29 is 9.84 Å². The van der Waals surface area contributed by atoms with Crippen molar-refractivity contribution in [1.29, 1.82) is 0 Å². The summed E-state index contributed by atoms with van der Waals surface area (Å²) in [5.41, 5.74) is 1.05. The first-order chi connectivity index (χ1) is 9.31. The van der Waals surface area contributed by atoms with Gasteiger partial charge in [-0.1, -0.05) is 43.3 Å². The fourth-order valence-electron chi connectivity index (χ4n) is 2.03. The number of aliphatic hydroxyl groups is 1. The molecule has 2 aromatic carbocycles. The van der Waals surface area contributed by atoms with Crippen molar-refractivity contribution in [1.82, 2.24) is 0 Å². The van der Waals surface area contributed by atoms with Gasteiger partial charge in [0.1, 0.15) is 0 Å². The topological polar surface area (TPSA) is 41.5 Å². The van der Waals surface area contributed by atoms with Gasteiger partial charge in [0.15, 0.2) is 0 Å². The molecule has 2 aromatic rings. The zero-order valence-electron chi connectivity index (χ0n) is 11.3. The molecule has 3 nitrogen and oxygen atoms in total. The van der Waals surface area contributed by atoms with Gasteiger partial charge in [-0.25, -0.2) is 0 Å². The predicted molar refractivity (Wildman–Crippen MR) is 79.6 cm³/mol. The average molecular weight is 259 g/mol. The fraction of sp³-hybridized carbons (Fsp3) is 0.375. The minimum absolute atomic E-state index is 0.381. The van der Waals surface area contributed by atoms with E-state index in [0.29, 0.717) is 19.8 Å². The summed E-state index contributed by atoms with van der Waals surface area (Å²) in [6, 6.07) is 14.3. The highest BCUT2D eigenvalue weighted by Crippen LogP contribution is 2.22. The summed E-state index contributed by atoms with van der Waals surface area (Å²) in [6.07, 6.45) is 0.495. The molecule has 2 rings (SSSR count). The Bertz CT molecular complexity index is 508. The van der Waals surface area contributed by atoms with E-state index in [9.17, 15) is 5.11 Å². The van der Waals surface area contributed by atoms with E-state index < -0.39 is 6.10 Å². The maximum absolute atomic E-state index is 9.82. The fourth-order valence-corrected chi connectivity index (χ4v) is 2.03. The number of hydrogen-bond acceptors (Lipinski definition) is 3. The Morgan fingerprint density at radius 2 is 1.95 bits per heavy atom. The predicted octanol–water partition coefficient (Wildman–Crippen LogP) is 3.04. The van der Waals surface area contributed by atoms with E-state index in [1.54, 1.807) is 0 Å². The van der Waals surface area contributed by atoms with Crippen molar-refractivity contribution in [3.63, 3.8) is 0 Å². The van der Waals surface area contributed by atoms with Gasteiger partial charge in [-0.2, -0.15) is 0 Å². The number of fused-ring (bicyclic) bond motifs is 1. The summed E-state index contributed by atoms with van der Waals surface area (Å²) in [7, 11) is 0. The van der Waals surface area contributed by atoms with Gasteiger partial charge in [0, 0.05) is 24.2 Å². The lowest BCUT2D eigenvalue weighted by Crippen LogP contribution is -2.25. The van der Waals surface area contributed by atoms with E-state index in [-0.39, 0.29) is 0 Å². The van der Waals surface area contributed by atoms with E-state index >= 15 is 0 Å². The van der Waals surface area contributed by atoms with E-state index in [1.807, 2.05) is 24.3 Å². The van der Waals surface area contributed by atoms with Crippen molar-refractivity contribution in [2.24, 2.45) is 0 Å². The molecule has 102 valence electrons. The van der Waals surface area contributed by atoms with Gasteiger partial charge < -0.3 is 15.2 Å². The molecular weight excluding hydrogens is 238 g/mol. The second-order valence-corrected chi connectivity index (χ2v) is 4.64. The van der Waals surface area contributed by atoms with Gasteiger partial charge in [0.25, 0.3) is 0 Å². The molecule has 0 aliphatic rings. The number of benzene rings is 2. The van der Waals surface area contributed by atoms with Crippen LogP contribution in [0.25, 0.3) is 10.8 Å². The molecule has 19 heavy (non-hydrogen) atoms. The van der Waals surface area contributed by atoms with Crippen LogP contribution in [0.15, 0.2) is 42.5 Å². The zero-order valence-corrected chi connectivity index (χ0v) is 11.3. The van der Waals surface area contributed by atoms with Crippen molar-refractivity contribution in [3.8, 4) is 0 Å². The molecule has 0 spiro atoms. The Hall–Kier alpha value is -1.58. The molecule has 0 radical (unpaired) electrons. The first-order valence-electron chi connectivity index (χ1n) is 6.78. The minimum atomic E-state index is -0.481. The van der Waals surface area contributed by atoms with E-state index in [4.69, 9.17) is 4.74 Å². The molecule has 1 atom stereocenters. The van der Waals surface area contributed by atoms with Gasteiger partial charge in [-0.3, -0.25) is 0 Å². The smallest absolute Gasteiger partial charge is 0.0945 e. The quantitative estimate of drug-likeness (QED) is 0.751. The maximum Gasteiger partial charge on any atom is 0.0945 e. The molecule has 0 aliphatic heterocycles. The molecule has 0 bridgehead atoms. The number of rotatable bonds is 7. The number of ether oxygens (including phenoxy) is 1. The zero-order chi connectivity index (χ0) is 13.5. The van der Waals surface area contributed by atoms with Crippen molar-refractivity contribution in [3.05, 3.63) is 42.5 Å². The van der Waals surface area contributed by atoms with E-state index in [2.05, 4.69) is 30.4 Å². The van der Waals surface area contributed by atoms with Crippen molar-refractivity contribution in [2.45, 2.75) is 19.4 Å². The van der Waals surface area contributed by atoms with Gasteiger partial charge in [0.05, 0.1) is 12.7 Å². The number of aliphatic hydroxyl groups excluding tert-OH is 1. The lowest BCUT2D eigenvalue weighted by atomic mass is 10.1. The van der Waals surface area contributed by atoms with Crippen LogP contribution >= 0.6 is 0 Å². The largest absolute Gasteiger partial charge is 0.389 e. The summed E-state index contributed by atoms with van der Waals surface area (Å²) in [5.74, 6) is 0. The Kier molecular flexibility index (Phi) is 5.19. The Morgan fingerprint density at radius 3 is 2.79 bits per heavy atom. The SMILES string of the molecule is CCCOCC(O)CNc1cccc2ccccc12. The molecule has 0 saturated carbocycles. The molecule has 0 saturated heterocycles. The lowest BCUT2D eigenvalue weighted by Gasteiger charge is -2.14. The molecule has 0 aromatic heterocycles. The molecule has 3 heteroatoms. The minimum Gasteiger partial charge on any atom is -0.389 e. The van der Waals surface area contributed by atoms with Crippen LogP contribution in [0.3, 0.4) is 0 Å². The molecule has 1 unspecified atom stereocenters. The van der Waals surface area contributed by atoms with Crippen LogP contribution in [-0.2, 0) is 4.74 Å². The highest BCUT2D eigenvalue weighted by atomic mass is 16.5. The lowest BCUT2D eigenvalue weighted by molar-refractivity contribution is 0.0437. The van der Waals surface area contributed by atoms with E-state index in [0.717, 1.165) is 12.1 Å². The van der Waals surface area contributed by atoms with Crippen LogP contribution in [0.1, 0.15) is 13.3 Å². The van der Waals surface area contributed by atoms with Gasteiger partial charge in [-0.05, 0) is 17.9 Å². The third-order valence-corrected chi connectivity index (χ3v) is 2.98. The van der Waals surface area contributed by atoms with Crippen LogP contribution in [0.5, 0.6) is 0 Å². The second-order valence-electron chi connectivity index (χ2n) is 4.64. The molecule has 2 N–H and O–H groups in total. The third-order valence-electron chi connectivity index (χ3n) is 2.98. The summed E-state index contributed by atoms with van der Waals surface area (Å²) in [6.45, 7) is 3.63. The van der Waals surface area contributed by atoms with Crippen molar-refractivity contribution >= 4 is 16.5 Å². The Labute approximate surface area is 114 Å². The van der Waals surface area contributed by atoms with Gasteiger partial charge >= 0.3 is 0 Å². The Morgan fingerprint density at radius 1 is 1.16 bits per heavy atom. The second kappa shape index (κ2) is 7.12. The van der Waals surface area contributed by atoms with Crippen LogP contribution in [0.2, 0.25) is 0 Å². The van der Waals surface area contributed by atoms with Crippen LogP contribution in [0, 0.1) is 0 Å². The van der Waals surface area contributed by atoms with Crippen LogP contribution in [0.4, 0.5) is 5.69 Å². The van der Waals surface area contributed by atoms with E-state index in [1.165, 1.54) is 10.8 Å². The highest BCUT2D eigenvalue weighted by Gasteiger charge is 2.05. The summed E-state index contributed by atoms with van der Waals surface area (Å²) < 4.78 is 5.33. The summed E-state index contributed by atoms with van der Waals surface area (Å²) >= 11 is 0. The first kappa shape index (κ1) is 13.8. The van der Waals surface area contributed by atoms with Crippen molar-refractivity contribution in [2.75, 3.05) is 25.1 Å². The normalized spacial score (nSPS) is 12.5. The van der Waals surface area contributed by atoms with Crippen LogP contribution < -0.4 is 5.32 Å². The highest BCUT2D eigenvalue weighted by molar-refractivity contribution is 5.93. The number of hydrogen-bond donors (Lipinski definition) is 2. The van der Waals surface area contributed by atoms with Gasteiger partial charge in [-0.15, -0.1) is 0 Å². The van der Waals surface area contributed by atoms with Gasteiger partial charge in [0.2, 0.25) is 0 Å². The molecular formula is C16H21NO2. The summed E-state index contributed by atoms with van der Waals surface area (Å²) in [4.78, 5) is 0. The van der Waals surface area contributed by atoms with Crippen LogP contribution in [-0.4, -0.2) is 31.0 Å². The average Bonchev–Trinajstić information content (AvgIpc) is 2.45. The number of anilines is 1. The first-order valence-corrected chi connectivity index (χ1v) is 6.78. The Balaban J connectivity index is 1.94. The monoisotopic (exact) mass is 259 g/mol. The molecule has 0 amide bonds. The third kappa shape index (κ3) is 3.94. The molecule has 0 heterocycles. The number of nitrogens with one attached hydrogen (secondary N) is 1. The molecule has 0 aliphatic carbocycles. The maximum atomic E-state index is 9.82. The summed E-state index contributed by atoms with van der Waals surface area (Å²) in [5, 5.41) is 15.5. The standard InChI is InChI=1S/C16H21NO2/c1-2-10-19-12-14(18)11-17-16-9-5-7-13-6-3-4-8-15(13)16/h3-9,14,17-18H,2,10-12H2,1H3. The molecule has 0 fully saturated rings.